The number of hydrogen-bond acceptors (Lipinski definition) is 4. The summed E-state index contributed by atoms with van der Waals surface area (Å²) in [5, 5.41) is 10.7. The van der Waals surface area contributed by atoms with Gasteiger partial charge in [0.1, 0.15) is 5.82 Å². The smallest absolute Gasteiger partial charge is 0.293 e. The molecule has 0 saturated heterocycles. The second-order valence-electron chi connectivity index (χ2n) is 4.23. The van der Waals surface area contributed by atoms with Gasteiger partial charge in [0.2, 0.25) is 5.95 Å². The molecule has 1 N–H and O–H groups in total. The van der Waals surface area contributed by atoms with Crippen LogP contribution in [-0.4, -0.2) is 20.7 Å². The van der Waals surface area contributed by atoms with E-state index in [4.69, 9.17) is 4.42 Å². The molecule has 2 heterocycles. The highest BCUT2D eigenvalue weighted by molar-refractivity contribution is 9.10. The molecular formula is C11H11BrN4O2. The molecule has 3 rings (SSSR count). The van der Waals surface area contributed by atoms with Crippen LogP contribution < -0.4 is 5.32 Å². The van der Waals surface area contributed by atoms with Gasteiger partial charge in [0.25, 0.3) is 5.91 Å². The zero-order valence-corrected chi connectivity index (χ0v) is 11.3. The van der Waals surface area contributed by atoms with Crippen molar-refractivity contribution >= 4 is 27.8 Å². The van der Waals surface area contributed by atoms with Crippen molar-refractivity contribution in [2.75, 3.05) is 5.32 Å². The molecule has 7 heteroatoms. The van der Waals surface area contributed by atoms with Gasteiger partial charge in [-0.3, -0.25) is 14.7 Å². The fourth-order valence-corrected chi connectivity index (χ4v) is 2.13. The lowest BCUT2D eigenvalue weighted by Gasteiger charge is -2.06. The van der Waals surface area contributed by atoms with Crippen molar-refractivity contribution in [2.45, 2.75) is 25.8 Å². The third-order valence-corrected chi connectivity index (χ3v) is 3.23. The van der Waals surface area contributed by atoms with Crippen molar-refractivity contribution in [1.29, 1.82) is 0 Å². The molecule has 0 bridgehead atoms. The lowest BCUT2D eigenvalue weighted by atomic mass is 10.4. The average Bonchev–Trinajstić information content (AvgIpc) is 2.97. The summed E-state index contributed by atoms with van der Waals surface area (Å²) in [5.74, 6) is 1.21. The van der Waals surface area contributed by atoms with Crippen LogP contribution in [0.4, 0.5) is 5.95 Å². The number of furan rings is 1. The number of nitrogens with one attached hydrogen (secondary N) is 1. The van der Waals surface area contributed by atoms with Gasteiger partial charge in [0, 0.05) is 6.04 Å². The first-order valence-electron chi connectivity index (χ1n) is 5.63. The van der Waals surface area contributed by atoms with Crippen LogP contribution in [0.5, 0.6) is 0 Å². The van der Waals surface area contributed by atoms with Gasteiger partial charge < -0.3 is 4.42 Å². The fraction of sp³-hybridized carbons (Fsp3) is 0.364. The Balaban J connectivity index is 1.82. The monoisotopic (exact) mass is 310 g/mol. The predicted molar refractivity (Wildman–Crippen MR) is 67.4 cm³/mol. The van der Waals surface area contributed by atoms with Crippen LogP contribution in [-0.2, 0) is 0 Å². The molecule has 0 aromatic carbocycles. The summed E-state index contributed by atoms with van der Waals surface area (Å²) in [6.45, 7) is 1.88. The Hall–Kier alpha value is -1.63. The Morgan fingerprint density at radius 2 is 2.28 bits per heavy atom. The second kappa shape index (κ2) is 4.24. The number of hydrogen-bond donors (Lipinski definition) is 1. The minimum Gasteiger partial charge on any atom is -0.444 e. The molecule has 1 aliphatic rings. The van der Waals surface area contributed by atoms with Gasteiger partial charge in [-0.2, -0.15) is 0 Å². The summed E-state index contributed by atoms with van der Waals surface area (Å²) in [4.78, 5) is 11.9. The molecule has 0 unspecified atom stereocenters. The molecule has 0 spiro atoms. The second-order valence-corrected chi connectivity index (χ2v) is 5.01. The van der Waals surface area contributed by atoms with Gasteiger partial charge in [0.15, 0.2) is 10.4 Å². The van der Waals surface area contributed by atoms with Crippen LogP contribution in [0.15, 0.2) is 21.2 Å². The molecule has 18 heavy (non-hydrogen) atoms. The van der Waals surface area contributed by atoms with Gasteiger partial charge in [-0.25, -0.2) is 0 Å². The number of halogens is 1. The van der Waals surface area contributed by atoms with Crippen LogP contribution in [0.1, 0.15) is 35.3 Å². The van der Waals surface area contributed by atoms with Crippen molar-refractivity contribution < 1.29 is 9.21 Å². The van der Waals surface area contributed by atoms with Crippen LogP contribution in [0.2, 0.25) is 0 Å². The molecule has 1 fully saturated rings. The summed E-state index contributed by atoms with van der Waals surface area (Å²) < 4.78 is 7.66. The maximum atomic E-state index is 11.9. The highest BCUT2D eigenvalue weighted by Crippen LogP contribution is 2.37. The van der Waals surface area contributed by atoms with E-state index in [2.05, 4.69) is 31.4 Å². The van der Waals surface area contributed by atoms with E-state index in [1.54, 1.807) is 12.1 Å². The largest absolute Gasteiger partial charge is 0.444 e. The molecule has 1 amide bonds. The Bertz CT molecular complexity index is 600. The van der Waals surface area contributed by atoms with E-state index in [0.717, 1.165) is 18.7 Å². The first-order valence-corrected chi connectivity index (χ1v) is 6.42. The summed E-state index contributed by atoms with van der Waals surface area (Å²) >= 11 is 3.16. The van der Waals surface area contributed by atoms with Crippen molar-refractivity contribution in [3.8, 4) is 0 Å². The lowest BCUT2D eigenvalue weighted by molar-refractivity contribution is 0.0994. The van der Waals surface area contributed by atoms with Crippen LogP contribution >= 0.6 is 15.9 Å². The molecule has 94 valence electrons. The van der Waals surface area contributed by atoms with Gasteiger partial charge in [-0.15, -0.1) is 10.2 Å². The number of nitrogens with zero attached hydrogens (tertiary/aromatic N) is 3. The normalized spacial score (nSPS) is 14.8. The number of aromatic nitrogens is 3. The topological polar surface area (TPSA) is 73.0 Å². The molecule has 0 atom stereocenters. The van der Waals surface area contributed by atoms with Crippen LogP contribution in [0.3, 0.4) is 0 Å². The van der Waals surface area contributed by atoms with Crippen molar-refractivity contribution in [3.63, 3.8) is 0 Å². The lowest BCUT2D eigenvalue weighted by Crippen LogP contribution is -2.15. The predicted octanol–water partition coefficient (Wildman–Crippen LogP) is 2.53. The fourth-order valence-electron chi connectivity index (χ4n) is 1.82. The van der Waals surface area contributed by atoms with Crippen LogP contribution in [0.25, 0.3) is 0 Å². The number of anilines is 1. The molecule has 6 nitrogen and oxygen atoms in total. The molecular weight excluding hydrogens is 300 g/mol. The Morgan fingerprint density at radius 3 is 2.89 bits per heavy atom. The van der Waals surface area contributed by atoms with E-state index in [0.29, 0.717) is 16.7 Å². The summed E-state index contributed by atoms with van der Waals surface area (Å²) in [5.41, 5.74) is 0. The first-order chi connectivity index (χ1) is 8.65. The van der Waals surface area contributed by atoms with Gasteiger partial charge in [-0.1, -0.05) is 0 Å². The van der Waals surface area contributed by atoms with Gasteiger partial charge in [-0.05, 0) is 47.8 Å². The SMILES string of the molecule is Cc1nnc(NC(=O)c2ccc(Br)o2)n1C1CC1. The van der Waals surface area contributed by atoms with E-state index >= 15 is 0 Å². The number of carbonyl (C=O) groups is 1. The summed E-state index contributed by atoms with van der Waals surface area (Å²) in [7, 11) is 0. The molecule has 0 radical (unpaired) electrons. The minimum atomic E-state index is -0.324. The maximum Gasteiger partial charge on any atom is 0.293 e. The third kappa shape index (κ3) is 2.05. The van der Waals surface area contributed by atoms with Gasteiger partial charge in [0.05, 0.1) is 0 Å². The molecule has 0 aliphatic heterocycles. The molecule has 1 aliphatic carbocycles. The van der Waals surface area contributed by atoms with E-state index in [1.165, 1.54) is 0 Å². The number of rotatable bonds is 3. The van der Waals surface area contributed by atoms with Crippen molar-refractivity contribution in [2.24, 2.45) is 0 Å². The number of aryl methyl sites for hydroxylation is 1. The quantitative estimate of drug-likeness (QED) is 0.945. The van der Waals surface area contributed by atoms with E-state index < -0.39 is 0 Å². The van der Waals surface area contributed by atoms with Crippen molar-refractivity contribution in [3.05, 3.63) is 28.4 Å². The third-order valence-electron chi connectivity index (χ3n) is 2.80. The van der Waals surface area contributed by atoms with E-state index in [1.807, 2.05) is 11.5 Å². The number of amides is 1. The highest BCUT2D eigenvalue weighted by atomic mass is 79.9. The Morgan fingerprint density at radius 1 is 1.50 bits per heavy atom. The Kier molecular flexibility index (Phi) is 2.70. The minimum absolute atomic E-state index is 0.241. The van der Waals surface area contributed by atoms with E-state index in [-0.39, 0.29) is 11.7 Å². The number of carbonyl (C=O) groups excluding carboxylic acids is 1. The zero-order valence-electron chi connectivity index (χ0n) is 9.68. The molecule has 2 aromatic rings. The summed E-state index contributed by atoms with van der Waals surface area (Å²) in [6.07, 6.45) is 2.21. The molecule has 1 saturated carbocycles. The molecule has 2 aromatic heterocycles. The highest BCUT2D eigenvalue weighted by Gasteiger charge is 2.29. The maximum absolute atomic E-state index is 11.9. The average molecular weight is 311 g/mol. The van der Waals surface area contributed by atoms with Gasteiger partial charge >= 0.3 is 0 Å². The zero-order chi connectivity index (χ0) is 12.7. The Labute approximate surface area is 112 Å². The van der Waals surface area contributed by atoms with Crippen LogP contribution in [0, 0.1) is 6.92 Å². The summed E-state index contributed by atoms with van der Waals surface area (Å²) in [6, 6.07) is 3.69. The first kappa shape index (κ1) is 11.5. The van der Waals surface area contributed by atoms with E-state index in [9.17, 15) is 4.79 Å². The van der Waals surface area contributed by atoms with Crippen molar-refractivity contribution in [1.82, 2.24) is 14.8 Å². The standard InChI is InChI=1S/C11H11BrN4O2/c1-6-14-15-11(16(6)7-2-3-7)13-10(17)8-4-5-9(12)18-8/h4-5,7H,2-3H2,1H3,(H,13,15,17).